The fraction of sp³-hybridized carbons (Fsp3) is 0.333. The first kappa shape index (κ1) is 13.2. The number of hydrogen-bond acceptors (Lipinski definition) is 4. The predicted octanol–water partition coefficient (Wildman–Crippen LogP) is 0.864. The molecule has 0 aliphatic rings. The van der Waals surface area contributed by atoms with E-state index in [9.17, 15) is 14.9 Å². The zero-order chi connectivity index (χ0) is 13.0. The maximum absolute atomic E-state index is 11.5. The highest BCUT2D eigenvalue weighted by atomic mass is 79.9. The van der Waals surface area contributed by atoms with Crippen molar-refractivity contribution in [3.05, 3.63) is 20.8 Å². The molecule has 90 valence electrons. The van der Waals surface area contributed by atoms with Crippen LogP contribution in [0.3, 0.4) is 0 Å². The molecule has 0 aromatic carbocycles. The van der Waals surface area contributed by atoms with Crippen molar-refractivity contribution in [1.82, 2.24) is 15.1 Å². The average molecular weight is 301 g/mol. The third-order valence-electron chi connectivity index (χ3n) is 1.98. The van der Waals surface area contributed by atoms with Crippen LogP contribution in [0.4, 0.5) is 5.82 Å². The molecule has 17 heavy (non-hydrogen) atoms. The van der Waals surface area contributed by atoms with Crippen LogP contribution in [0.25, 0.3) is 0 Å². The Morgan fingerprint density at radius 2 is 2.53 bits per heavy atom. The molecule has 1 rings (SSSR count). The lowest BCUT2D eigenvalue weighted by Gasteiger charge is -2.07. The van der Waals surface area contributed by atoms with Gasteiger partial charge in [0, 0.05) is 0 Å². The molecule has 0 saturated carbocycles. The molecule has 1 aromatic rings. The number of halogens is 1. The highest BCUT2D eigenvalue weighted by Gasteiger charge is 2.24. The second-order valence-electron chi connectivity index (χ2n) is 3.14. The lowest BCUT2D eigenvalue weighted by molar-refractivity contribution is -0.390. The molecule has 0 bridgehead atoms. The number of amides is 1. The van der Waals surface area contributed by atoms with Crippen molar-refractivity contribution in [2.75, 3.05) is 6.54 Å². The maximum Gasteiger partial charge on any atom is 0.404 e. The molecule has 0 aliphatic carbocycles. The van der Waals surface area contributed by atoms with Crippen LogP contribution in [0.5, 0.6) is 0 Å². The van der Waals surface area contributed by atoms with Crippen molar-refractivity contribution in [1.29, 1.82) is 0 Å². The summed E-state index contributed by atoms with van der Waals surface area (Å²) in [6.07, 6.45) is 6.37. The summed E-state index contributed by atoms with van der Waals surface area (Å²) in [5.41, 5.74) is 0. The van der Waals surface area contributed by atoms with Gasteiger partial charge < -0.3 is 15.4 Å². The number of aromatic nitrogens is 2. The largest absolute Gasteiger partial charge is 0.404 e. The number of carbonyl (C=O) groups is 1. The first-order valence-electron chi connectivity index (χ1n) is 4.57. The van der Waals surface area contributed by atoms with Gasteiger partial charge in [-0.1, -0.05) is 5.92 Å². The fourth-order valence-corrected chi connectivity index (χ4v) is 1.52. The minimum atomic E-state index is -0.673. The topological polar surface area (TPSA) is 90.1 Å². The van der Waals surface area contributed by atoms with Crippen molar-refractivity contribution in [2.45, 2.75) is 13.0 Å². The summed E-state index contributed by atoms with van der Waals surface area (Å²) in [7, 11) is 0. The van der Waals surface area contributed by atoms with Crippen molar-refractivity contribution < 1.29 is 9.72 Å². The van der Waals surface area contributed by atoms with E-state index in [0.29, 0.717) is 0 Å². The van der Waals surface area contributed by atoms with E-state index < -0.39 is 11.0 Å². The highest BCUT2D eigenvalue weighted by Crippen LogP contribution is 2.23. The zero-order valence-electron chi connectivity index (χ0n) is 8.88. The SMILES string of the molecule is C#CCNC(=O)C(C)n1cc(Br)c([N+](=O)[O-])n1. The minimum Gasteiger partial charge on any atom is -0.358 e. The Morgan fingerprint density at radius 1 is 1.88 bits per heavy atom. The Bertz CT molecular complexity index is 491. The fourth-order valence-electron chi connectivity index (χ4n) is 1.09. The van der Waals surface area contributed by atoms with Crippen LogP contribution in [0.15, 0.2) is 10.7 Å². The summed E-state index contributed by atoms with van der Waals surface area (Å²) in [5, 5.41) is 16.7. The van der Waals surface area contributed by atoms with Crippen LogP contribution in [-0.2, 0) is 4.79 Å². The molecule has 1 atom stereocenters. The van der Waals surface area contributed by atoms with Gasteiger partial charge in [0.15, 0.2) is 0 Å². The standard InChI is InChI=1S/C9H9BrN4O3/c1-3-4-11-9(15)6(2)13-5-7(10)8(12-13)14(16)17/h1,5-6H,4H2,2H3,(H,11,15). The molecule has 1 unspecified atom stereocenters. The van der Waals surface area contributed by atoms with Gasteiger partial charge in [0.2, 0.25) is 5.91 Å². The van der Waals surface area contributed by atoms with Gasteiger partial charge in [0.05, 0.1) is 17.8 Å². The van der Waals surface area contributed by atoms with E-state index in [1.54, 1.807) is 6.92 Å². The predicted molar refractivity (Wildman–Crippen MR) is 63.1 cm³/mol. The number of carbonyl (C=O) groups excluding carboxylic acids is 1. The van der Waals surface area contributed by atoms with Crippen LogP contribution >= 0.6 is 15.9 Å². The second-order valence-corrected chi connectivity index (χ2v) is 3.99. The summed E-state index contributed by atoms with van der Waals surface area (Å²) < 4.78 is 1.42. The van der Waals surface area contributed by atoms with Gasteiger partial charge in [-0.15, -0.1) is 6.42 Å². The van der Waals surface area contributed by atoms with Crippen molar-refractivity contribution in [3.8, 4) is 12.3 Å². The molecular formula is C9H9BrN4O3. The number of rotatable bonds is 4. The molecule has 8 heteroatoms. The summed E-state index contributed by atoms with van der Waals surface area (Å²) in [6, 6.07) is -0.673. The van der Waals surface area contributed by atoms with Crippen molar-refractivity contribution in [3.63, 3.8) is 0 Å². The van der Waals surface area contributed by atoms with E-state index in [-0.39, 0.29) is 22.7 Å². The molecule has 7 nitrogen and oxygen atoms in total. The normalized spacial score (nSPS) is 11.6. The first-order valence-corrected chi connectivity index (χ1v) is 5.37. The molecule has 1 N–H and O–H groups in total. The van der Waals surface area contributed by atoms with E-state index in [2.05, 4.69) is 32.3 Å². The van der Waals surface area contributed by atoms with Crippen LogP contribution in [0.2, 0.25) is 0 Å². The number of terminal acetylenes is 1. The second kappa shape index (κ2) is 5.45. The summed E-state index contributed by atoms with van der Waals surface area (Å²) >= 11 is 3.00. The summed E-state index contributed by atoms with van der Waals surface area (Å²) in [4.78, 5) is 21.5. The van der Waals surface area contributed by atoms with Crippen molar-refractivity contribution in [2.24, 2.45) is 0 Å². The number of nitro groups is 1. The van der Waals surface area contributed by atoms with Gasteiger partial charge in [-0.3, -0.25) is 4.79 Å². The van der Waals surface area contributed by atoms with E-state index in [1.807, 2.05) is 0 Å². The third-order valence-corrected chi connectivity index (χ3v) is 2.54. The molecule has 1 heterocycles. The van der Waals surface area contributed by atoms with E-state index in [1.165, 1.54) is 10.9 Å². The average Bonchev–Trinajstić information content (AvgIpc) is 2.67. The van der Waals surface area contributed by atoms with Crippen LogP contribution < -0.4 is 5.32 Å². The Kier molecular flexibility index (Phi) is 4.23. The number of nitrogens with one attached hydrogen (secondary N) is 1. The molecule has 0 saturated heterocycles. The molecule has 0 fully saturated rings. The molecular weight excluding hydrogens is 292 g/mol. The molecule has 1 aromatic heterocycles. The molecule has 0 radical (unpaired) electrons. The minimum absolute atomic E-state index is 0.105. The Morgan fingerprint density at radius 3 is 3.00 bits per heavy atom. The Labute approximate surface area is 105 Å². The summed E-state index contributed by atoms with van der Waals surface area (Å²) in [5.74, 6) is 1.57. The first-order chi connectivity index (χ1) is 7.97. The number of nitrogens with zero attached hydrogens (tertiary/aromatic N) is 3. The van der Waals surface area contributed by atoms with E-state index in [0.717, 1.165) is 0 Å². The lowest BCUT2D eigenvalue weighted by Crippen LogP contribution is -2.31. The summed E-state index contributed by atoms with van der Waals surface area (Å²) in [6.45, 7) is 1.67. The van der Waals surface area contributed by atoms with Crippen LogP contribution in [-0.4, -0.2) is 27.2 Å². The van der Waals surface area contributed by atoms with E-state index >= 15 is 0 Å². The van der Waals surface area contributed by atoms with Gasteiger partial charge in [-0.25, -0.2) is 0 Å². The molecule has 0 aliphatic heterocycles. The lowest BCUT2D eigenvalue weighted by atomic mass is 10.3. The van der Waals surface area contributed by atoms with Crippen LogP contribution in [0, 0.1) is 22.5 Å². The maximum atomic E-state index is 11.5. The quantitative estimate of drug-likeness (QED) is 0.507. The van der Waals surface area contributed by atoms with Gasteiger partial charge >= 0.3 is 5.82 Å². The Balaban J connectivity index is 2.86. The van der Waals surface area contributed by atoms with Gasteiger partial charge in [0.1, 0.15) is 10.5 Å². The zero-order valence-corrected chi connectivity index (χ0v) is 10.5. The van der Waals surface area contributed by atoms with Gasteiger partial charge in [0.25, 0.3) is 0 Å². The smallest absolute Gasteiger partial charge is 0.358 e. The molecule has 0 spiro atoms. The third kappa shape index (κ3) is 3.04. The van der Waals surface area contributed by atoms with Crippen LogP contribution in [0.1, 0.15) is 13.0 Å². The Hall–Kier alpha value is -1.88. The van der Waals surface area contributed by atoms with Gasteiger partial charge in [-0.2, -0.15) is 4.68 Å². The molecule has 1 amide bonds. The van der Waals surface area contributed by atoms with Crippen molar-refractivity contribution >= 4 is 27.7 Å². The highest BCUT2D eigenvalue weighted by molar-refractivity contribution is 9.10. The van der Waals surface area contributed by atoms with Gasteiger partial charge in [-0.05, 0) is 27.8 Å². The number of hydrogen-bond donors (Lipinski definition) is 1. The monoisotopic (exact) mass is 300 g/mol. The van der Waals surface area contributed by atoms with E-state index in [4.69, 9.17) is 6.42 Å².